The fraction of sp³-hybridized carbons (Fsp3) is 0.550. The third-order valence-corrected chi connectivity index (χ3v) is 3.72. The number of carbonyl (C=O) groups is 1. The second-order valence-corrected chi connectivity index (χ2v) is 6.02. The van der Waals surface area contributed by atoms with Crippen molar-refractivity contribution in [2.24, 2.45) is 10.4 Å². The molecule has 6 nitrogen and oxygen atoms in total. The number of nitrogens with zero attached hydrogens (tertiary/aromatic N) is 2. The van der Waals surface area contributed by atoms with Gasteiger partial charge in [-0.25, -0.2) is 0 Å². The van der Waals surface area contributed by atoms with Crippen LogP contribution in [0.25, 0.3) is 0 Å². The molecule has 0 aromatic heterocycles. The number of carbonyl (C=O) groups excluding carboxylic acids is 1. The number of hydrogen-bond acceptors (Lipinski definition) is 5. The molecule has 0 spiro atoms. The molecule has 0 heterocycles. The van der Waals surface area contributed by atoms with Gasteiger partial charge in [0.1, 0.15) is 0 Å². The maximum absolute atomic E-state index is 10.7. The molecule has 0 saturated heterocycles. The van der Waals surface area contributed by atoms with E-state index in [9.17, 15) is 19.7 Å². The first-order chi connectivity index (χ1) is 12.6. The Labute approximate surface area is 155 Å². The Morgan fingerprint density at radius 2 is 1.65 bits per heavy atom. The van der Waals surface area contributed by atoms with Gasteiger partial charge in [0.05, 0.1) is 12.1 Å². The van der Waals surface area contributed by atoms with Crippen LogP contribution in [-0.4, -0.2) is 23.2 Å². The summed E-state index contributed by atoms with van der Waals surface area (Å²) >= 11 is 0. The minimum absolute atomic E-state index is 0.0679. The van der Waals surface area contributed by atoms with Crippen molar-refractivity contribution in [2.45, 2.75) is 70.4 Å². The van der Waals surface area contributed by atoms with Crippen LogP contribution < -0.4 is 0 Å². The van der Waals surface area contributed by atoms with Crippen LogP contribution in [0.5, 0.6) is 0 Å². The molecular weight excluding hydrogens is 332 g/mol. The van der Waals surface area contributed by atoms with Gasteiger partial charge in [-0.2, -0.15) is 4.91 Å². The Balaban J connectivity index is 3.92. The van der Waals surface area contributed by atoms with E-state index in [1.165, 1.54) is 0 Å². The van der Waals surface area contributed by atoms with E-state index in [1.807, 2.05) is 30.4 Å². The number of nitroso groups, excluding NO2 is 2. The van der Waals surface area contributed by atoms with E-state index >= 15 is 0 Å². The molecule has 0 aromatic rings. The number of aliphatic hydroxyl groups excluding tert-OH is 1. The van der Waals surface area contributed by atoms with Crippen molar-refractivity contribution in [2.75, 3.05) is 0 Å². The third kappa shape index (κ3) is 15.3. The average molecular weight is 362 g/mol. The molecule has 0 aromatic carbocycles. The molecule has 0 aliphatic heterocycles. The van der Waals surface area contributed by atoms with E-state index in [-0.39, 0.29) is 12.5 Å². The molecule has 2 unspecified atom stereocenters. The first-order valence-corrected chi connectivity index (χ1v) is 9.17. The van der Waals surface area contributed by atoms with Crippen LogP contribution >= 0.6 is 0 Å². The first kappa shape index (κ1) is 23.8. The van der Waals surface area contributed by atoms with Crippen LogP contribution in [0.4, 0.5) is 0 Å². The zero-order valence-electron chi connectivity index (χ0n) is 15.5. The quantitative estimate of drug-likeness (QED) is 0.248. The van der Waals surface area contributed by atoms with Gasteiger partial charge in [0.2, 0.25) is 0 Å². The van der Waals surface area contributed by atoms with E-state index in [0.29, 0.717) is 19.3 Å². The normalized spacial score (nSPS) is 14.5. The van der Waals surface area contributed by atoms with E-state index in [4.69, 9.17) is 0 Å². The van der Waals surface area contributed by atoms with Crippen LogP contribution in [-0.2, 0) is 4.79 Å². The fourth-order valence-electron chi connectivity index (χ4n) is 2.21. The fourth-order valence-corrected chi connectivity index (χ4v) is 2.21. The highest BCUT2D eigenvalue weighted by Crippen LogP contribution is 2.10. The molecule has 2 atom stereocenters. The molecule has 1 amide bonds. The zero-order chi connectivity index (χ0) is 19.5. The summed E-state index contributed by atoms with van der Waals surface area (Å²) in [6.45, 7) is 2.13. The molecule has 0 bridgehead atoms. The number of aliphatic hydroxyl groups is 1. The minimum Gasteiger partial charge on any atom is -0.389 e. The molecule has 26 heavy (non-hydrogen) atoms. The van der Waals surface area contributed by atoms with Crippen molar-refractivity contribution in [1.82, 2.24) is 0 Å². The van der Waals surface area contributed by atoms with Crippen molar-refractivity contribution < 1.29 is 9.90 Å². The van der Waals surface area contributed by atoms with Gasteiger partial charge in [0.25, 0.3) is 5.91 Å². The number of hydrogen-bond donors (Lipinski definition) is 1. The summed E-state index contributed by atoms with van der Waals surface area (Å²) in [5.41, 5.74) is 0. The van der Waals surface area contributed by atoms with Crippen LogP contribution in [0.2, 0.25) is 0 Å². The molecule has 0 saturated carbocycles. The summed E-state index contributed by atoms with van der Waals surface area (Å²) < 4.78 is 0. The number of allylic oxidation sites excluding steroid dienone is 6. The highest BCUT2D eigenvalue weighted by atomic mass is 16.3. The summed E-state index contributed by atoms with van der Waals surface area (Å²) in [7, 11) is 0. The number of unbranched alkanes of at least 4 members (excludes halogenated alkanes) is 2. The summed E-state index contributed by atoms with van der Waals surface area (Å²) in [4.78, 5) is 31.3. The Morgan fingerprint density at radius 1 is 0.962 bits per heavy atom. The second kappa shape index (κ2) is 17.6. The van der Waals surface area contributed by atoms with Crippen molar-refractivity contribution >= 4 is 5.91 Å². The lowest BCUT2D eigenvalue weighted by Gasteiger charge is -2.04. The second-order valence-electron chi connectivity index (χ2n) is 6.02. The summed E-state index contributed by atoms with van der Waals surface area (Å²) in [5.74, 6) is -0.685. The summed E-state index contributed by atoms with van der Waals surface area (Å²) in [6.07, 6.45) is 19.6. The highest BCUT2D eigenvalue weighted by Gasteiger charge is 2.05. The SMILES string of the molecule is CCCCCC(C/C=C/C=C/C=C\C=C\C(O)CCCC(=O)N=O)N=O. The molecule has 6 heteroatoms. The Kier molecular flexibility index (Phi) is 16.1. The van der Waals surface area contributed by atoms with Crippen LogP contribution in [0, 0.1) is 9.81 Å². The third-order valence-electron chi connectivity index (χ3n) is 3.72. The van der Waals surface area contributed by atoms with E-state index in [0.717, 1.165) is 25.7 Å². The van der Waals surface area contributed by atoms with Crippen molar-refractivity contribution in [3.63, 3.8) is 0 Å². The topological polar surface area (TPSA) is 96.2 Å². The smallest absolute Gasteiger partial charge is 0.286 e. The van der Waals surface area contributed by atoms with Gasteiger partial charge in [-0.3, -0.25) is 4.79 Å². The van der Waals surface area contributed by atoms with Gasteiger partial charge in [-0.15, -0.1) is 4.91 Å². The predicted octanol–water partition coefficient (Wildman–Crippen LogP) is 5.14. The Bertz CT molecular complexity index is 510. The number of amides is 1. The van der Waals surface area contributed by atoms with Crippen molar-refractivity contribution in [3.8, 4) is 0 Å². The average Bonchev–Trinajstić information content (AvgIpc) is 2.65. The molecule has 0 aliphatic carbocycles. The monoisotopic (exact) mass is 362 g/mol. The maximum atomic E-state index is 10.7. The maximum Gasteiger partial charge on any atom is 0.286 e. The van der Waals surface area contributed by atoms with Gasteiger partial charge >= 0.3 is 0 Å². The molecule has 144 valence electrons. The minimum atomic E-state index is -0.685. The Morgan fingerprint density at radius 3 is 2.31 bits per heavy atom. The van der Waals surface area contributed by atoms with Crippen molar-refractivity contribution in [3.05, 3.63) is 58.4 Å². The lowest BCUT2D eigenvalue weighted by molar-refractivity contribution is -0.118. The van der Waals surface area contributed by atoms with Gasteiger partial charge < -0.3 is 5.11 Å². The molecular formula is C20H30N2O4. The van der Waals surface area contributed by atoms with E-state index in [1.54, 1.807) is 18.2 Å². The highest BCUT2D eigenvalue weighted by molar-refractivity contribution is 5.76. The lowest BCUT2D eigenvalue weighted by Crippen LogP contribution is -2.03. The van der Waals surface area contributed by atoms with Crippen LogP contribution in [0.15, 0.2) is 59.0 Å². The number of rotatable bonds is 15. The van der Waals surface area contributed by atoms with E-state index < -0.39 is 12.0 Å². The molecule has 0 radical (unpaired) electrons. The summed E-state index contributed by atoms with van der Waals surface area (Å²) in [5, 5.41) is 15.1. The van der Waals surface area contributed by atoms with Gasteiger partial charge in [0.15, 0.2) is 0 Å². The van der Waals surface area contributed by atoms with Crippen molar-refractivity contribution in [1.29, 1.82) is 0 Å². The standard InChI is InChI=1S/C20H30N2O4/c1-2-3-9-13-18(21-25)14-10-7-5-4-6-8-11-15-19(23)16-12-17-20(24)22-26/h4-8,10-11,15,18-19,23H,2-3,9,12-14,16-17H2,1H3/b5-4+,8-6-,10-7+,15-11+. The molecule has 1 N–H and O–H groups in total. The lowest BCUT2D eigenvalue weighted by atomic mass is 10.1. The predicted molar refractivity (Wildman–Crippen MR) is 106 cm³/mol. The largest absolute Gasteiger partial charge is 0.389 e. The first-order valence-electron chi connectivity index (χ1n) is 9.17. The molecule has 0 rings (SSSR count). The Hall–Kier alpha value is -2.21. The molecule has 0 fully saturated rings. The molecule has 0 aliphatic rings. The van der Waals surface area contributed by atoms with Crippen LogP contribution in [0.3, 0.4) is 0 Å². The zero-order valence-corrected chi connectivity index (χ0v) is 15.5. The van der Waals surface area contributed by atoms with E-state index in [2.05, 4.69) is 17.3 Å². The van der Waals surface area contributed by atoms with Crippen LogP contribution in [0.1, 0.15) is 58.3 Å². The van der Waals surface area contributed by atoms with Gasteiger partial charge in [-0.1, -0.05) is 80.0 Å². The van der Waals surface area contributed by atoms with Gasteiger partial charge in [-0.05, 0) is 25.7 Å². The summed E-state index contributed by atoms with van der Waals surface area (Å²) in [6, 6.07) is -0.135. The van der Waals surface area contributed by atoms with Gasteiger partial charge in [0, 0.05) is 11.6 Å².